The lowest BCUT2D eigenvalue weighted by Gasteiger charge is -2.23. The van der Waals surface area contributed by atoms with E-state index in [4.69, 9.17) is 0 Å². The van der Waals surface area contributed by atoms with Gasteiger partial charge in [0.05, 0.1) is 6.54 Å². The largest absolute Gasteiger partial charge is 0.382 e. The van der Waals surface area contributed by atoms with Crippen LogP contribution in [0.15, 0.2) is 4.99 Å². The third kappa shape index (κ3) is 2.99. The second-order valence-corrected chi connectivity index (χ2v) is 3.89. The van der Waals surface area contributed by atoms with Crippen LogP contribution in [-0.2, 0) is 0 Å². The molecule has 3 heteroatoms. The second kappa shape index (κ2) is 4.61. The number of hydrogen-bond acceptors (Lipinski definition) is 3. The van der Waals surface area contributed by atoms with Gasteiger partial charge in [-0.25, -0.2) is 0 Å². The fourth-order valence-electron chi connectivity index (χ4n) is 1.60. The number of amidine groups is 1. The number of nitrogens with one attached hydrogen (secondary N) is 1. The quantitative estimate of drug-likeness (QED) is 0.633. The van der Waals surface area contributed by atoms with Crippen LogP contribution in [0.1, 0.15) is 39.5 Å². The summed E-state index contributed by atoms with van der Waals surface area (Å²) in [6, 6.07) is 0. The molecule has 2 N–H and O–H groups in total. The summed E-state index contributed by atoms with van der Waals surface area (Å²) in [5.74, 6) is 0.781. The average molecular weight is 184 g/mol. The molecule has 0 aromatic heterocycles. The molecule has 0 spiro atoms. The summed E-state index contributed by atoms with van der Waals surface area (Å²) in [6.45, 7) is 5.69. The van der Waals surface area contributed by atoms with Gasteiger partial charge in [-0.2, -0.15) is 0 Å². The van der Waals surface area contributed by atoms with Crippen molar-refractivity contribution in [3.63, 3.8) is 0 Å². The van der Waals surface area contributed by atoms with E-state index < -0.39 is 5.60 Å². The molecule has 0 saturated heterocycles. The molecule has 0 radical (unpaired) electrons. The molecule has 0 unspecified atom stereocenters. The van der Waals surface area contributed by atoms with Gasteiger partial charge in [0, 0.05) is 6.54 Å². The summed E-state index contributed by atoms with van der Waals surface area (Å²) >= 11 is 0. The number of aliphatic imine (C=N–C) groups is 1. The van der Waals surface area contributed by atoms with E-state index in [0.29, 0.717) is 0 Å². The molecule has 1 atom stereocenters. The van der Waals surface area contributed by atoms with E-state index in [1.807, 2.05) is 6.92 Å². The summed E-state index contributed by atoms with van der Waals surface area (Å²) in [5.41, 5.74) is -0.730. The van der Waals surface area contributed by atoms with Gasteiger partial charge in [0.15, 0.2) is 0 Å². The zero-order valence-corrected chi connectivity index (χ0v) is 8.64. The first-order chi connectivity index (χ1) is 6.17. The highest BCUT2D eigenvalue weighted by atomic mass is 16.3. The smallest absolute Gasteiger partial charge is 0.129 e. The van der Waals surface area contributed by atoms with Gasteiger partial charge in [-0.15, -0.1) is 0 Å². The molecule has 0 aromatic rings. The molecule has 0 aromatic carbocycles. The number of aliphatic hydroxyl groups is 1. The van der Waals surface area contributed by atoms with Gasteiger partial charge in [-0.3, -0.25) is 4.99 Å². The highest BCUT2D eigenvalue weighted by Gasteiger charge is 2.28. The van der Waals surface area contributed by atoms with Crippen molar-refractivity contribution in [1.29, 1.82) is 0 Å². The lowest BCUT2D eigenvalue weighted by atomic mass is 9.97. The molecule has 76 valence electrons. The van der Waals surface area contributed by atoms with E-state index in [-0.39, 0.29) is 0 Å². The Morgan fingerprint density at radius 2 is 2.31 bits per heavy atom. The Hall–Kier alpha value is -0.570. The average Bonchev–Trinajstić information content (AvgIpc) is 2.56. The monoisotopic (exact) mass is 184 g/mol. The fraction of sp³-hybridized carbons (Fsp3) is 0.900. The Balaban J connectivity index is 2.35. The number of hydrogen-bond donors (Lipinski definition) is 2. The third-order valence-corrected chi connectivity index (χ3v) is 2.45. The highest BCUT2D eigenvalue weighted by Crippen LogP contribution is 2.16. The van der Waals surface area contributed by atoms with Crippen LogP contribution in [0.5, 0.6) is 0 Å². The normalized spacial score (nSPS) is 20.7. The van der Waals surface area contributed by atoms with Crippen molar-refractivity contribution >= 4 is 5.84 Å². The molecule has 0 bridgehead atoms. The van der Waals surface area contributed by atoms with Crippen molar-refractivity contribution in [3.05, 3.63) is 0 Å². The molecule has 3 nitrogen and oxygen atoms in total. The molecule has 1 aliphatic rings. The lowest BCUT2D eigenvalue weighted by Crippen LogP contribution is -2.42. The third-order valence-electron chi connectivity index (χ3n) is 2.45. The summed E-state index contributed by atoms with van der Waals surface area (Å²) in [4.78, 5) is 4.24. The molecule has 0 amide bonds. The van der Waals surface area contributed by atoms with E-state index in [1.54, 1.807) is 0 Å². The van der Waals surface area contributed by atoms with Gasteiger partial charge >= 0.3 is 0 Å². The van der Waals surface area contributed by atoms with Crippen LogP contribution < -0.4 is 5.32 Å². The predicted molar refractivity (Wildman–Crippen MR) is 55.1 cm³/mol. The first-order valence-electron chi connectivity index (χ1n) is 5.18. The Morgan fingerprint density at radius 1 is 1.54 bits per heavy atom. The van der Waals surface area contributed by atoms with Crippen LogP contribution in [0.2, 0.25) is 0 Å². The van der Waals surface area contributed by atoms with Gasteiger partial charge in [0.2, 0.25) is 0 Å². The van der Waals surface area contributed by atoms with Crippen molar-refractivity contribution in [1.82, 2.24) is 5.32 Å². The van der Waals surface area contributed by atoms with E-state index in [0.717, 1.165) is 31.8 Å². The molecule has 13 heavy (non-hydrogen) atoms. The molecular formula is C10H20N2O. The first kappa shape index (κ1) is 10.5. The van der Waals surface area contributed by atoms with E-state index in [9.17, 15) is 5.11 Å². The molecular weight excluding hydrogens is 164 g/mol. The van der Waals surface area contributed by atoms with Crippen molar-refractivity contribution in [2.75, 3.05) is 13.1 Å². The zero-order valence-electron chi connectivity index (χ0n) is 8.64. The summed E-state index contributed by atoms with van der Waals surface area (Å²) < 4.78 is 0. The molecule has 1 rings (SSSR count). The van der Waals surface area contributed by atoms with E-state index in [2.05, 4.69) is 17.2 Å². The fourth-order valence-corrected chi connectivity index (χ4v) is 1.60. The molecule has 0 aliphatic carbocycles. The Bertz CT molecular complexity index is 187. The zero-order chi connectivity index (χ0) is 9.73. The van der Waals surface area contributed by atoms with Crippen LogP contribution in [-0.4, -0.2) is 29.6 Å². The highest BCUT2D eigenvalue weighted by molar-refractivity contribution is 5.91. The Labute approximate surface area is 80.3 Å². The number of nitrogens with zero attached hydrogens (tertiary/aromatic N) is 1. The van der Waals surface area contributed by atoms with Crippen LogP contribution >= 0.6 is 0 Å². The van der Waals surface area contributed by atoms with Gasteiger partial charge in [0.1, 0.15) is 11.4 Å². The summed E-state index contributed by atoms with van der Waals surface area (Å²) in [7, 11) is 0. The minimum Gasteiger partial charge on any atom is -0.382 e. The van der Waals surface area contributed by atoms with Crippen LogP contribution in [0.25, 0.3) is 0 Å². The molecule has 0 saturated carbocycles. The maximum atomic E-state index is 10.0. The Kier molecular flexibility index (Phi) is 3.72. The van der Waals surface area contributed by atoms with Crippen LogP contribution in [0.3, 0.4) is 0 Å². The number of rotatable bonds is 5. The molecule has 1 aliphatic heterocycles. The maximum absolute atomic E-state index is 10.0. The van der Waals surface area contributed by atoms with Gasteiger partial charge in [-0.1, -0.05) is 26.2 Å². The minimum atomic E-state index is -0.730. The predicted octanol–water partition coefficient (Wildman–Crippen LogP) is 1.32. The summed E-state index contributed by atoms with van der Waals surface area (Å²) in [5, 5.41) is 13.2. The first-order valence-corrected chi connectivity index (χ1v) is 5.18. The number of unbranched alkanes of at least 4 members (excludes halogenated alkanes) is 2. The van der Waals surface area contributed by atoms with E-state index >= 15 is 0 Å². The van der Waals surface area contributed by atoms with E-state index in [1.165, 1.54) is 12.8 Å². The van der Waals surface area contributed by atoms with Crippen molar-refractivity contribution < 1.29 is 5.11 Å². The van der Waals surface area contributed by atoms with Crippen LogP contribution in [0, 0.1) is 0 Å². The van der Waals surface area contributed by atoms with Crippen molar-refractivity contribution in [2.24, 2.45) is 4.99 Å². The SMILES string of the molecule is CCCCC[C@](C)(O)C1=NCCN1. The van der Waals surface area contributed by atoms with Crippen LogP contribution in [0.4, 0.5) is 0 Å². The van der Waals surface area contributed by atoms with Crippen molar-refractivity contribution in [2.45, 2.75) is 45.1 Å². The molecule has 1 heterocycles. The Morgan fingerprint density at radius 3 is 2.85 bits per heavy atom. The lowest BCUT2D eigenvalue weighted by molar-refractivity contribution is 0.116. The second-order valence-electron chi connectivity index (χ2n) is 3.89. The van der Waals surface area contributed by atoms with Crippen molar-refractivity contribution in [3.8, 4) is 0 Å². The van der Waals surface area contributed by atoms with Gasteiger partial charge in [-0.05, 0) is 13.3 Å². The van der Waals surface area contributed by atoms with Gasteiger partial charge < -0.3 is 10.4 Å². The summed E-state index contributed by atoms with van der Waals surface area (Å²) in [6.07, 6.45) is 4.26. The van der Waals surface area contributed by atoms with Gasteiger partial charge in [0.25, 0.3) is 0 Å². The minimum absolute atomic E-state index is 0.730. The topological polar surface area (TPSA) is 44.6 Å². The standard InChI is InChI=1S/C10H20N2O/c1-3-4-5-6-10(2,13)9-11-7-8-12-9/h13H,3-8H2,1-2H3,(H,11,12)/t10-/m0/s1. The maximum Gasteiger partial charge on any atom is 0.129 e. The molecule has 0 fully saturated rings.